The normalized spacial score (nSPS) is 10.0. The molecule has 1 amide bonds. The first-order valence-corrected chi connectivity index (χ1v) is 7.47. The molecule has 0 saturated carbocycles. The molecule has 0 unspecified atom stereocenters. The second kappa shape index (κ2) is 8.25. The third-order valence-electron chi connectivity index (χ3n) is 3.17. The van der Waals surface area contributed by atoms with E-state index < -0.39 is 0 Å². The minimum absolute atomic E-state index is 0.174. The van der Waals surface area contributed by atoms with Crippen molar-refractivity contribution in [1.82, 2.24) is 5.32 Å². The smallest absolute Gasteiger partial charge is 0.251 e. The quantitative estimate of drug-likeness (QED) is 0.784. The van der Waals surface area contributed by atoms with Gasteiger partial charge in [0.2, 0.25) is 0 Å². The SMILES string of the molecule is C=CCNC(=O)c1ccc(OC)c(COc2ccccc2Cl)c1. The van der Waals surface area contributed by atoms with Crippen LogP contribution in [0.25, 0.3) is 0 Å². The van der Waals surface area contributed by atoms with E-state index in [0.717, 1.165) is 5.56 Å². The van der Waals surface area contributed by atoms with E-state index in [1.54, 1.807) is 43.5 Å². The van der Waals surface area contributed by atoms with E-state index in [4.69, 9.17) is 21.1 Å². The molecule has 0 saturated heterocycles. The van der Waals surface area contributed by atoms with Crippen molar-refractivity contribution >= 4 is 17.5 Å². The summed E-state index contributed by atoms with van der Waals surface area (Å²) in [6, 6.07) is 12.4. The average molecular weight is 332 g/mol. The Morgan fingerprint density at radius 1 is 1.26 bits per heavy atom. The van der Waals surface area contributed by atoms with Crippen LogP contribution in [-0.4, -0.2) is 19.6 Å². The van der Waals surface area contributed by atoms with Crippen molar-refractivity contribution in [2.45, 2.75) is 6.61 Å². The van der Waals surface area contributed by atoms with E-state index in [2.05, 4.69) is 11.9 Å². The van der Waals surface area contributed by atoms with Gasteiger partial charge in [-0.05, 0) is 30.3 Å². The Morgan fingerprint density at radius 3 is 2.74 bits per heavy atom. The van der Waals surface area contributed by atoms with Gasteiger partial charge in [0.15, 0.2) is 0 Å². The summed E-state index contributed by atoms with van der Waals surface area (Å²) in [5.41, 5.74) is 1.30. The Hall–Kier alpha value is -2.46. The maximum Gasteiger partial charge on any atom is 0.251 e. The highest BCUT2D eigenvalue weighted by molar-refractivity contribution is 6.32. The highest BCUT2D eigenvalue weighted by Crippen LogP contribution is 2.26. The van der Waals surface area contributed by atoms with Gasteiger partial charge in [-0.15, -0.1) is 6.58 Å². The van der Waals surface area contributed by atoms with Crippen molar-refractivity contribution in [1.29, 1.82) is 0 Å². The maximum absolute atomic E-state index is 12.0. The molecule has 0 spiro atoms. The lowest BCUT2D eigenvalue weighted by atomic mass is 10.1. The minimum atomic E-state index is -0.174. The number of methoxy groups -OCH3 is 1. The zero-order valence-electron chi connectivity index (χ0n) is 12.8. The molecule has 0 radical (unpaired) electrons. The molecule has 0 fully saturated rings. The van der Waals surface area contributed by atoms with Crippen molar-refractivity contribution in [2.75, 3.05) is 13.7 Å². The van der Waals surface area contributed by atoms with E-state index in [-0.39, 0.29) is 12.5 Å². The van der Waals surface area contributed by atoms with E-state index >= 15 is 0 Å². The van der Waals surface area contributed by atoms with Crippen molar-refractivity contribution in [3.63, 3.8) is 0 Å². The van der Waals surface area contributed by atoms with Crippen LogP contribution in [0.2, 0.25) is 5.02 Å². The fraction of sp³-hybridized carbons (Fsp3) is 0.167. The standard InChI is InChI=1S/C18H18ClNO3/c1-3-10-20-18(21)13-8-9-16(22-2)14(11-13)12-23-17-7-5-4-6-15(17)19/h3-9,11H,1,10,12H2,2H3,(H,20,21). The largest absolute Gasteiger partial charge is 0.496 e. The van der Waals surface area contributed by atoms with Gasteiger partial charge in [-0.25, -0.2) is 0 Å². The van der Waals surface area contributed by atoms with Crippen LogP contribution in [0.4, 0.5) is 0 Å². The summed E-state index contributed by atoms with van der Waals surface area (Å²) in [6.07, 6.45) is 1.63. The van der Waals surface area contributed by atoms with Crippen LogP contribution in [0.5, 0.6) is 11.5 Å². The first kappa shape index (κ1) is 16.9. The number of ether oxygens (including phenoxy) is 2. The van der Waals surface area contributed by atoms with Crippen LogP contribution >= 0.6 is 11.6 Å². The third-order valence-corrected chi connectivity index (χ3v) is 3.48. The summed E-state index contributed by atoms with van der Waals surface area (Å²) in [5.74, 6) is 1.06. The van der Waals surface area contributed by atoms with Crippen molar-refractivity contribution in [3.05, 3.63) is 71.3 Å². The van der Waals surface area contributed by atoms with Crippen LogP contribution in [0.3, 0.4) is 0 Å². The molecule has 23 heavy (non-hydrogen) atoms. The number of nitrogens with one attached hydrogen (secondary N) is 1. The molecule has 0 heterocycles. The lowest BCUT2D eigenvalue weighted by Crippen LogP contribution is -2.23. The van der Waals surface area contributed by atoms with Crippen molar-refractivity contribution in [2.24, 2.45) is 0 Å². The number of amides is 1. The van der Waals surface area contributed by atoms with E-state index in [1.165, 1.54) is 0 Å². The molecule has 0 aromatic heterocycles. The number of hydrogen-bond acceptors (Lipinski definition) is 3. The second-order valence-electron chi connectivity index (χ2n) is 4.74. The first-order chi connectivity index (χ1) is 11.2. The molecular formula is C18H18ClNO3. The molecular weight excluding hydrogens is 314 g/mol. The Kier molecular flexibility index (Phi) is 6.06. The Bertz CT molecular complexity index is 700. The molecule has 4 nitrogen and oxygen atoms in total. The monoisotopic (exact) mass is 331 g/mol. The zero-order valence-corrected chi connectivity index (χ0v) is 13.6. The summed E-state index contributed by atoms with van der Waals surface area (Å²) in [4.78, 5) is 12.0. The fourth-order valence-corrected chi connectivity index (χ4v) is 2.21. The van der Waals surface area contributed by atoms with Gasteiger partial charge in [0.05, 0.1) is 12.1 Å². The summed E-state index contributed by atoms with van der Waals surface area (Å²) in [7, 11) is 1.58. The molecule has 0 aliphatic carbocycles. The number of halogens is 1. The molecule has 2 aromatic rings. The first-order valence-electron chi connectivity index (χ1n) is 7.09. The number of para-hydroxylation sites is 1. The molecule has 1 N–H and O–H groups in total. The summed E-state index contributed by atoms with van der Waals surface area (Å²) >= 11 is 6.07. The van der Waals surface area contributed by atoms with Crippen LogP contribution in [0.1, 0.15) is 15.9 Å². The highest BCUT2D eigenvalue weighted by atomic mass is 35.5. The topological polar surface area (TPSA) is 47.6 Å². The summed E-state index contributed by atoms with van der Waals surface area (Å²) in [5, 5.41) is 3.27. The molecule has 120 valence electrons. The van der Waals surface area contributed by atoms with Crippen LogP contribution in [0.15, 0.2) is 55.1 Å². The van der Waals surface area contributed by atoms with Gasteiger partial charge >= 0.3 is 0 Å². The van der Waals surface area contributed by atoms with E-state index in [0.29, 0.717) is 28.6 Å². The molecule has 0 aliphatic rings. The van der Waals surface area contributed by atoms with Gasteiger partial charge in [-0.1, -0.05) is 29.8 Å². The summed E-state index contributed by atoms with van der Waals surface area (Å²) in [6.45, 7) is 4.23. The summed E-state index contributed by atoms with van der Waals surface area (Å²) < 4.78 is 11.0. The Balaban J connectivity index is 2.17. The molecule has 2 aromatic carbocycles. The predicted molar refractivity (Wildman–Crippen MR) is 91.3 cm³/mol. The van der Waals surface area contributed by atoms with Gasteiger partial charge in [-0.3, -0.25) is 4.79 Å². The van der Waals surface area contributed by atoms with Crippen molar-refractivity contribution < 1.29 is 14.3 Å². The van der Waals surface area contributed by atoms with Crippen LogP contribution in [0, 0.1) is 0 Å². The minimum Gasteiger partial charge on any atom is -0.496 e. The molecule has 0 aliphatic heterocycles. The Labute approximate surface area is 140 Å². The number of carbonyl (C=O) groups excluding carboxylic acids is 1. The molecule has 5 heteroatoms. The van der Waals surface area contributed by atoms with Gasteiger partial charge < -0.3 is 14.8 Å². The Morgan fingerprint density at radius 2 is 2.04 bits per heavy atom. The lowest BCUT2D eigenvalue weighted by Gasteiger charge is -2.13. The van der Waals surface area contributed by atoms with Gasteiger partial charge in [0.25, 0.3) is 5.91 Å². The number of rotatable bonds is 7. The third kappa shape index (κ3) is 4.50. The molecule has 2 rings (SSSR count). The van der Waals surface area contributed by atoms with Crippen LogP contribution in [-0.2, 0) is 6.61 Å². The molecule has 0 atom stereocenters. The predicted octanol–water partition coefficient (Wildman–Crippen LogP) is 3.84. The van der Waals surface area contributed by atoms with Crippen molar-refractivity contribution in [3.8, 4) is 11.5 Å². The van der Waals surface area contributed by atoms with Gasteiger partial charge in [0, 0.05) is 17.7 Å². The zero-order chi connectivity index (χ0) is 16.7. The molecule has 0 bridgehead atoms. The van der Waals surface area contributed by atoms with Gasteiger partial charge in [0.1, 0.15) is 18.1 Å². The van der Waals surface area contributed by atoms with Gasteiger partial charge in [-0.2, -0.15) is 0 Å². The average Bonchev–Trinajstić information content (AvgIpc) is 2.58. The van der Waals surface area contributed by atoms with E-state index in [9.17, 15) is 4.79 Å². The van der Waals surface area contributed by atoms with E-state index in [1.807, 2.05) is 12.1 Å². The fourth-order valence-electron chi connectivity index (χ4n) is 2.02. The van der Waals surface area contributed by atoms with Crippen LogP contribution < -0.4 is 14.8 Å². The number of hydrogen-bond donors (Lipinski definition) is 1. The number of carbonyl (C=O) groups is 1. The second-order valence-corrected chi connectivity index (χ2v) is 5.15. The number of benzene rings is 2. The lowest BCUT2D eigenvalue weighted by molar-refractivity contribution is 0.0958. The maximum atomic E-state index is 12.0. The highest BCUT2D eigenvalue weighted by Gasteiger charge is 2.11.